The lowest BCUT2D eigenvalue weighted by atomic mass is 10.0. The summed E-state index contributed by atoms with van der Waals surface area (Å²) in [5.41, 5.74) is 1.16. The Morgan fingerprint density at radius 1 is 1.62 bits per heavy atom. The second kappa shape index (κ2) is 5.25. The number of nitrogens with zero attached hydrogens (tertiary/aromatic N) is 2. The Bertz CT molecular complexity index is 340. The molecule has 2 unspecified atom stereocenters. The summed E-state index contributed by atoms with van der Waals surface area (Å²) in [5.74, 6) is 0.606. The van der Waals surface area contributed by atoms with Crippen LogP contribution in [0.3, 0.4) is 0 Å². The molecule has 0 spiro atoms. The van der Waals surface area contributed by atoms with Gasteiger partial charge in [0.25, 0.3) is 0 Å². The number of aromatic nitrogens is 1. The summed E-state index contributed by atoms with van der Waals surface area (Å²) in [6.45, 7) is 6.61. The first-order chi connectivity index (χ1) is 7.74. The molecule has 0 amide bonds. The molecule has 90 valence electrons. The molecule has 1 N–H and O–H groups in total. The van der Waals surface area contributed by atoms with Crippen molar-refractivity contribution in [3.63, 3.8) is 0 Å². The zero-order valence-corrected chi connectivity index (χ0v) is 10.8. The van der Waals surface area contributed by atoms with Crippen molar-refractivity contribution < 1.29 is 5.11 Å². The Morgan fingerprint density at radius 2 is 2.44 bits per heavy atom. The maximum atomic E-state index is 9.38. The van der Waals surface area contributed by atoms with Gasteiger partial charge in [0, 0.05) is 18.0 Å². The number of aryl methyl sites for hydroxylation is 1. The van der Waals surface area contributed by atoms with Gasteiger partial charge in [-0.3, -0.25) is 4.90 Å². The largest absolute Gasteiger partial charge is 0.395 e. The lowest BCUT2D eigenvalue weighted by Gasteiger charge is -2.23. The molecule has 2 atom stereocenters. The van der Waals surface area contributed by atoms with E-state index < -0.39 is 0 Å². The van der Waals surface area contributed by atoms with Gasteiger partial charge in [0.1, 0.15) is 0 Å². The lowest BCUT2D eigenvalue weighted by Crippen LogP contribution is -2.34. The highest BCUT2D eigenvalue weighted by Crippen LogP contribution is 2.25. The third-order valence-corrected chi connectivity index (χ3v) is 4.49. The summed E-state index contributed by atoms with van der Waals surface area (Å²) in [6.07, 6.45) is 2.21. The van der Waals surface area contributed by atoms with E-state index in [0.717, 1.165) is 25.2 Å². The molecule has 1 aromatic rings. The third-order valence-electron chi connectivity index (χ3n) is 3.45. The van der Waals surface area contributed by atoms with Crippen LogP contribution in [0.4, 0.5) is 0 Å². The Hall–Kier alpha value is -0.450. The van der Waals surface area contributed by atoms with Crippen LogP contribution in [-0.4, -0.2) is 34.2 Å². The highest BCUT2D eigenvalue weighted by Gasteiger charge is 2.30. The first-order valence-electron chi connectivity index (χ1n) is 6.02. The molecule has 1 aliphatic rings. The SMILES string of the molecule is CCc1nc(CN2CCC(C)C2CO)cs1. The Kier molecular flexibility index (Phi) is 3.95. The molecule has 1 aromatic heterocycles. The van der Waals surface area contributed by atoms with Gasteiger partial charge in [-0.2, -0.15) is 0 Å². The number of aliphatic hydroxyl groups is 1. The Morgan fingerprint density at radius 3 is 3.06 bits per heavy atom. The maximum absolute atomic E-state index is 9.38. The molecule has 1 fully saturated rings. The minimum atomic E-state index is 0.270. The fraction of sp³-hybridized carbons (Fsp3) is 0.750. The number of aliphatic hydroxyl groups excluding tert-OH is 1. The van der Waals surface area contributed by atoms with Crippen molar-refractivity contribution in [2.24, 2.45) is 5.92 Å². The van der Waals surface area contributed by atoms with Gasteiger partial charge in [0.15, 0.2) is 0 Å². The Labute approximate surface area is 101 Å². The van der Waals surface area contributed by atoms with E-state index in [0.29, 0.717) is 12.0 Å². The molecular weight excluding hydrogens is 220 g/mol. The van der Waals surface area contributed by atoms with E-state index in [-0.39, 0.29) is 6.61 Å². The molecule has 16 heavy (non-hydrogen) atoms. The number of hydrogen-bond donors (Lipinski definition) is 1. The smallest absolute Gasteiger partial charge is 0.0926 e. The van der Waals surface area contributed by atoms with Gasteiger partial charge in [-0.05, 0) is 25.3 Å². The van der Waals surface area contributed by atoms with Crippen molar-refractivity contribution in [3.8, 4) is 0 Å². The summed E-state index contributed by atoms with van der Waals surface area (Å²) >= 11 is 1.74. The fourth-order valence-electron chi connectivity index (χ4n) is 2.37. The van der Waals surface area contributed by atoms with Gasteiger partial charge in [0.05, 0.1) is 17.3 Å². The van der Waals surface area contributed by atoms with Gasteiger partial charge in [-0.15, -0.1) is 11.3 Å². The van der Waals surface area contributed by atoms with Crippen molar-refractivity contribution in [1.82, 2.24) is 9.88 Å². The van der Waals surface area contributed by atoms with Crippen LogP contribution < -0.4 is 0 Å². The molecule has 2 rings (SSSR count). The van der Waals surface area contributed by atoms with Crippen LogP contribution in [0.1, 0.15) is 31.0 Å². The Balaban J connectivity index is 1.98. The predicted octanol–water partition coefficient (Wildman–Crippen LogP) is 1.91. The number of rotatable bonds is 4. The lowest BCUT2D eigenvalue weighted by molar-refractivity contribution is 0.133. The summed E-state index contributed by atoms with van der Waals surface area (Å²) in [4.78, 5) is 6.94. The van der Waals surface area contributed by atoms with Gasteiger partial charge >= 0.3 is 0 Å². The summed E-state index contributed by atoms with van der Waals surface area (Å²) in [6, 6.07) is 0.326. The van der Waals surface area contributed by atoms with Gasteiger partial charge < -0.3 is 5.11 Å². The molecule has 0 aliphatic carbocycles. The highest BCUT2D eigenvalue weighted by molar-refractivity contribution is 7.09. The van der Waals surface area contributed by atoms with Crippen LogP contribution in [-0.2, 0) is 13.0 Å². The average Bonchev–Trinajstić information content (AvgIpc) is 2.86. The molecule has 4 heteroatoms. The zero-order chi connectivity index (χ0) is 11.5. The first kappa shape index (κ1) is 12.0. The maximum Gasteiger partial charge on any atom is 0.0926 e. The summed E-state index contributed by atoms with van der Waals surface area (Å²) < 4.78 is 0. The molecular formula is C12H20N2OS. The normalized spacial score (nSPS) is 26.4. The molecule has 3 nitrogen and oxygen atoms in total. The van der Waals surface area contributed by atoms with Gasteiger partial charge in [0.2, 0.25) is 0 Å². The summed E-state index contributed by atoms with van der Waals surface area (Å²) in [5, 5.41) is 12.7. The minimum absolute atomic E-state index is 0.270. The van der Waals surface area contributed by atoms with Gasteiger partial charge in [-0.25, -0.2) is 4.98 Å². The number of thiazole rings is 1. The van der Waals surface area contributed by atoms with Crippen molar-refractivity contribution in [2.75, 3.05) is 13.2 Å². The van der Waals surface area contributed by atoms with E-state index in [1.165, 1.54) is 11.4 Å². The quantitative estimate of drug-likeness (QED) is 0.873. The molecule has 1 aliphatic heterocycles. The van der Waals surface area contributed by atoms with Crippen LogP contribution >= 0.6 is 11.3 Å². The van der Waals surface area contributed by atoms with Crippen molar-refractivity contribution in [2.45, 2.75) is 39.3 Å². The van der Waals surface area contributed by atoms with Crippen LogP contribution in [0.25, 0.3) is 0 Å². The van der Waals surface area contributed by atoms with Crippen molar-refractivity contribution >= 4 is 11.3 Å². The molecule has 0 radical (unpaired) electrons. The van der Waals surface area contributed by atoms with E-state index >= 15 is 0 Å². The van der Waals surface area contributed by atoms with E-state index in [9.17, 15) is 5.11 Å². The van der Waals surface area contributed by atoms with E-state index in [1.54, 1.807) is 11.3 Å². The highest BCUT2D eigenvalue weighted by atomic mass is 32.1. The molecule has 1 saturated heterocycles. The molecule has 2 heterocycles. The van der Waals surface area contributed by atoms with E-state index in [1.807, 2.05) is 0 Å². The monoisotopic (exact) mass is 240 g/mol. The second-order valence-corrected chi connectivity index (χ2v) is 5.52. The number of hydrogen-bond acceptors (Lipinski definition) is 4. The average molecular weight is 240 g/mol. The van der Waals surface area contributed by atoms with Crippen LogP contribution in [0, 0.1) is 5.92 Å². The summed E-state index contributed by atoms with van der Waals surface area (Å²) in [7, 11) is 0. The molecule has 0 aromatic carbocycles. The van der Waals surface area contributed by atoms with E-state index in [4.69, 9.17) is 0 Å². The topological polar surface area (TPSA) is 36.4 Å². The molecule has 0 saturated carbocycles. The predicted molar refractivity (Wildman–Crippen MR) is 66.6 cm³/mol. The zero-order valence-electron chi connectivity index (χ0n) is 10.0. The van der Waals surface area contributed by atoms with E-state index in [2.05, 4.69) is 29.1 Å². The number of likely N-dealkylation sites (tertiary alicyclic amines) is 1. The van der Waals surface area contributed by atoms with Crippen LogP contribution in [0.5, 0.6) is 0 Å². The van der Waals surface area contributed by atoms with Crippen molar-refractivity contribution in [1.29, 1.82) is 0 Å². The van der Waals surface area contributed by atoms with Gasteiger partial charge in [-0.1, -0.05) is 13.8 Å². The minimum Gasteiger partial charge on any atom is -0.395 e. The molecule has 0 bridgehead atoms. The second-order valence-electron chi connectivity index (χ2n) is 4.57. The van der Waals surface area contributed by atoms with Crippen LogP contribution in [0.2, 0.25) is 0 Å². The fourth-order valence-corrected chi connectivity index (χ4v) is 3.11. The third kappa shape index (κ3) is 2.44. The standard InChI is InChI=1S/C12H20N2OS/c1-3-12-13-10(8-16-12)6-14-5-4-9(2)11(14)7-15/h8-9,11,15H,3-7H2,1-2H3. The van der Waals surface area contributed by atoms with Crippen LogP contribution in [0.15, 0.2) is 5.38 Å². The van der Waals surface area contributed by atoms with Crippen molar-refractivity contribution in [3.05, 3.63) is 16.1 Å². The first-order valence-corrected chi connectivity index (χ1v) is 6.90.